The van der Waals surface area contributed by atoms with Gasteiger partial charge in [0.25, 0.3) is 0 Å². The zero-order valence-electron chi connectivity index (χ0n) is 14.7. The molecule has 0 bridgehead atoms. The molecule has 1 aliphatic heterocycles. The van der Waals surface area contributed by atoms with E-state index in [1.807, 2.05) is 13.8 Å². The van der Waals surface area contributed by atoms with Crippen molar-refractivity contribution in [1.29, 1.82) is 0 Å². The Morgan fingerprint density at radius 1 is 1.12 bits per heavy atom. The second-order valence-electron chi connectivity index (χ2n) is 6.55. The summed E-state index contributed by atoms with van der Waals surface area (Å²) in [5.41, 5.74) is 1.36. The summed E-state index contributed by atoms with van der Waals surface area (Å²) in [4.78, 5) is 3.51. The SMILES string of the molecule is CC(=NC(C)C)C1(Cl)C(c2ccc(Cl)cc2)N1S(=O)(=O)c1ccccc1. The first-order chi connectivity index (χ1) is 12.2. The third kappa shape index (κ3) is 3.29. The van der Waals surface area contributed by atoms with E-state index >= 15 is 0 Å². The molecule has 0 spiro atoms. The Bertz CT molecular complexity index is 928. The van der Waals surface area contributed by atoms with Gasteiger partial charge in [0.2, 0.25) is 10.0 Å². The van der Waals surface area contributed by atoms with Crippen LogP contribution in [0, 0.1) is 0 Å². The molecular weight excluding hydrogens is 391 g/mol. The van der Waals surface area contributed by atoms with Crippen molar-refractivity contribution >= 4 is 38.9 Å². The fourth-order valence-corrected chi connectivity index (χ4v) is 5.70. The van der Waals surface area contributed by atoms with Gasteiger partial charge in [-0.3, -0.25) is 4.99 Å². The Balaban J connectivity index is 2.10. The zero-order valence-corrected chi connectivity index (χ0v) is 17.1. The third-order valence-electron chi connectivity index (χ3n) is 4.29. The van der Waals surface area contributed by atoms with Crippen molar-refractivity contribution in [1.82, 2.24) is 4.31 Å². The quantitative estimate of drug-likeness (QED) is 0.304. The minimum Gasteiger partial charge on any atom is -0.288 e. The van der Waals surface area contributed by atoms with E-state index in [0.717, 1.165) is 5.56 Å². The average Bonchev–Trinajstić information content (AvgIpc) is 3.24. The maximum Gasteiger partial charge on any atom is 0.245 e. The van der Waals surface area contributed by atoms with Gasteiger partial charge in [0.1, 0.15) is 0 Å². The van der Waals surface area contributed by atoms with E-state index in [-0.39, 0.29) is 10.9 Å². The van der Waals surface area contributed by atoms with Gasteiger partial charge in [0, 0.05) is 16.8 Å². The van der Waals surface area contributed by atoms with Crippen molar-refractivity contribution in [2.45, 2.75) is 42.7 Å². The van der Waals surface area contributed by atoms with Crippen LogP contribution in [0.4, 0.5) is 0 Å². The van der Waals surface area contributed by atoms with Crippen molar-refractivity contribution in [2.75, 3.05) is 0 Å². The maximum absolute atomic E-state index is 13.2. The van der Waals surface area contributed by atoms with E-state index in [4.69, 9.17) is 23.2 Å². The predicted molar refractivity (Wildman–Crippen MR) is 106 cm³/mol. The minimum absolute atomic E-state index is 0.0124. The standard InChI is InChI=1S/C19H20Cl2N2O2S/c1-13(2)22-14(3)19(21)18(15-9-11-16(20)12-10-15)23(19)26(24,25)17-7-5-4-6-8-17/h4-13,18H,1-3H3. The second kappa shape index (κ2) is 6.97. The highest BCUT2D eigenvalue weighted by Crippen LogP contribution is 2.60. The molecule has 3 atom stereocenters. The van der Waals surface area contributed by atoms with E-state index < -0.39 is 21.1 Å². The Kier molecular flexibility index (Phi) is 5.19. The molecular formula is C19H20Cl2N2O2S. The first-order valence-electron chi connectivity index (χ1n) is 8.28. The Morgan fingerprint density at radius 3 is 2.23 bits per heavy atom. The van der Waals surface area contributed by atoms with Gasteiger partial charge >= 0.3 is 0 Å². The van der Waals surface area contributed by atoms with Crippen LogP contribution >= 0.6 is 23.2 Å². The molecule has 3 rings (SSSR count). The van der Waals surface area contributed by atoms with Crippen LogP contribution in [0.3, 0.4) is 0 Å². The average molecular weight is 411 g/mol. The topological polar surface area (TPSA) is 49.5 Å². The fourth-order valence-electron chi connectivity index (χ4n) is 3.10. The number of alkyl halides is 1. The molecule has 0 N–H and O–H groups in total. The van der Waals surface area contributed by atoms with Gasteiger partial charge in [0.15, 0.2) is 5.00 Å². The number of benzene rings is 2. The number of halogens is 2. The summed E-state index contributed by atoms with van der Waals surface area (Å²) in [5, 5.41) is 0.583. The molecule has 138 valence electrons. The van der Waals surface area contributed by atoms with E-state index in [0.29, 0.717) is 10.7 Å². The Morgan fingerprint density at radius 2 is 1.69 bits per heavy atom. The maximum atomic E-state index is 13.2. The minimum atomic E-state index is -3.77. The first-order valence-corrected chi connectivity index (χ1v) is 10.5. The van der Waals surface area contributed by atoms with Crippen LogP contribution in [0.15, 0.2) is 64.5 Å². The third-order valence-corrected chi connectivity index (χ3v) is 7.19. The van der Waals surface area contributed by atoms with E-state index in [1.54, 1.807) is 61.5 Å². The molecule has 0 radical (unpaired) electrons. The Hall–Kier alpha value is -1.40. The fraction of sp³-hybridized carbons (Fsp3) is 0.316. The number of nitrogens with zero attached hydrogens (tertiary/aromatic N) is 2. The molecule has 1 aliphatic rings. The predicted octanol–water partition coefficient (Wildman–Crippen LogP) is 4.89. The summed E-state index contributed by atoms with van der Waals surface area (Å²) < 4.78 is 27.7. The number of hydrogen-bond acceptors (Lipinski definition) is 3. The van der Waals surface area contributed by atoms with Crippen molar-refractivity contribution in [3.05, 3.63) is 65.2 Å². The van der Waals surface area contributed by atoms with Crippen molar-refractivity contribution < 1.29 is 8.42 Å². The van der Waals surface area contributed by atoms with Crippen LogP contribution in [0.1, 0.15) is 32.4 Å². The molecule has 7 heteroatoms. The molecule has 2 aromatic carbocycles. The van der Waals surface area contributed by atoms with Gasteiger partial charge in [-0.05, 0) is 50.6 Å². The summed E-state index contributed by atoms with van der Waals surface area (Å²) in [6, 6.07) is 14.8. The van der Waals surface area contributed by atoms with Gasteiger partial charge in [-0.1, -0.05) is 53.5 Å². The number of sulfonamides is 1. The lowest BCUT2D eigenvalue weighted by Gasteiger charge is -2.12. The highest BCUT2D eigenvalue weighted by Gasteiger charge is 2.70. The van der Waals surface area contributed by atoms with Crippen LogP contribution in [-0.2, 0) is 10.0 Å². The summed E-state index contributed by atoms with van der Waals surface area (Å²) in [5.74, 6) is 0. The Labute approximate surface area is 164 Å². The highest BCUT2D eigenvalue weighted by molar-refractivity contribution is 7.89. The molecule has 4 nitrogen and oxygen atoms in total. The van der Waals surface area contributed by atoms with Gasteiger partial charge in [-0.2, -0.15) is 4.31 Å². The molecule has 26 heavy (non-hydrogen) atoms. The van der Waals surface area contributed by atoms with Crippen LogP contribution in [0.25, 0.3) is 0 Å². The van der Waals surface area contributed by atoms with Crippen LogP contribution < -0.4 is 0 Å². The summed E-state index contributed by atoms with van der Waals surface area (Å²) in [6.07, 6.45) is 0. The molecule has 1 heterocycles. The molecule has 0 amide bonds. The first kappa shape index (κ1) is 19.4. The molecule has 0 saturated carbocycles. The second-order valence-corrected chi connectivity index (χ2v) is 9.38. The largest absolute Gasteiger partial charge is 0.288 e. The molecule has 2 aromatic rings. The van der Waals surface area contributed by atoms with E-state index in [2.05, 4.69) is 4.99 Å². The molecule has 0 aromatic heterocycles. The molecule has 1 saturated heterocycles. The van der Waals surface area contributed by atoms with Crippen molar-refractivity contribution in [3.8, 4) is 0 Å². The van der Waals surface area contributed by atoms with Crippen molar-refractivity contribution in [3.63, 3.8) is 0 Å². The summed E-state index contributed by atoms with van der Waals surface area (Å²) in [6.45, 7) is 5.63. The lowest BCUT2D eigenvalue weighted by atomic mass is 10.1. The molecule has 0 aliphatic carbocycles. The number of aliphatic imine (C=N–C) groups is 1. The lowest BCUT2D eigenvalue weighted by molar-refractivity contribution is 0.549. The molecule has 1 fully saturated rings. The smallest absolute Gasteiger partial charge is 0.245 e. The monoisotopic (exact) mass is 410 g/mol. The summed E-state index contributed by atoms with van der Waals surface area (Å²) in [7, 11) is -3.77. The van der Waals surface area contributed by atoms with Crippen LogP contribution in [-0.4, -0.2) is 29.5 Å². The van der Waals surface area contributed by atoms with Crippen molar-refractivity contribution in [2.24, 2.45) is 4.99 Å². The number of hydrogen-bond donors (Lipinski definition) is 0. The van der Waals surface area contributed by atoms with E-state index in [9.17, 15) is 8.42 Å². The summed E-state index contributed by atoms with van der Waals surface area (Å²) >= 11 is 12.8. The normalized spacial score (nSPS) is 26.2. The van der Waals surface area contributed by atoms with Crippen LogP contribution in [0.5, 0.6) is 0 Å². The van der Waals surface area contributed by atoms with Gasteiger partial charge < -0.3 is 0 Å². The van der Waals surface area contributed by atoms with E-state index in [1.165, 1.54) is 4.31 Å². The number of rotatable bonds is 5. The van der Waals surface area contributed by atoms with Crippen LogP contribution in [0.2, 0.25) is 5.02 Å². The van der Waals surface area contributed by atoms with Gasteiger partial charge in [-0.25, -0.2) is 8.42 Å². The molecule has 3 unspecified atom stereocenters. The van der Waals surface area contributed by atoms with Gasteiger partial charge in [0.05, 0.1) is 10.9 Å². The highest BCUT2D eigenvalue weighted by atomic mass is 35.5. The lowest BCUT2D eigenvalue weighted by Crippen LogP contribution is -2.26. The van der Waals surface area contributed by atoms with Gasteiger partial charge in [-0.15, -0.1) is 0 Å². The zero-order chi connectivity index (χ0) is 19.1.